The van der Waals surface area contributed by atoms with Crippen molar-refractivity contribution in [1.29, 1.82) is 0 Å². The van der Waals surface area contributed by atoms with E-state index in [9.17, 15) is 22.7 Å². The molecule has 0 saturated carbocycles. The highest BCUT2D eigenvalue weighted by Gasteiger charge is 2.28. The molecule has 0 amide bonds. The average molecular weight is 335 g/mol. The first-order valence-electron chi connectivity index (χ1n) is 6.99. The number of fused-ring (bicyclic) bond motifs is 1. The number of aliphatic hydroxyl groups is 2. The molecule has 9 heteroatoms. The summed E-state index contributed by atoms with van der Waals surface area (Å²) in [5.41, 5.74) is 0.555. The van der Waals surface area contributed by atoms with Crippen LogP contribution < -0.4 is 0 Å². The molecule has 128 valence electrons. The summed E-state index contributed by atoms with van der Waals surface area (Å²) in [4.78, 5) is 8.18. The molecule has 2 aromatic rings. The van der Waals surface area contributed by atoms with Gasteiger partial charge >= 0.3 is 6.18 Å². The van der Waals surface area contributed by atoms with Gasteiger partial charge in [0.25, 0.3) is 0 Å². The van der Waals surface area contributed by atoms with Gasteiger partial charge in [0.2, 0.25) is 0 Å². The molecule has 1 atom stereocenters. The van der Waals surface area contributed by atoms with Crippen molar-refractivity contribution in [3.63, 3.8) is 0 Å². The largest absolute Gasteiger partial charge is 0.394 e. The Morgan fingerprint density at radius 1 is 1.30 bits per heavy atom. The highest BCUT2D eigenvalue weighted by atomic mass is 19.4. The Labute approximate surface area is 129 Å². The minimum absolute atomic E-state index is 0.0265. The molecule has 0 spiro atoms. The maximum atomic E-state index is 13.6. The van der Waals surface area contributed by atoms with Crippen LogP contribution in [0.25, 0.3) is 11.0 Å². The number of nitrogens with one attached hydrogen (secondary N) is 1. The summed E-state index contributed by atoms with van der Waals surface area (Å²) >= 11 is 0. The normalized spacial score (nSPS) is 13.9. The predicted octanol–water partition coefficient (Wildman–Crippen LogP) is 1.81. The Hall–Kier alpha value is -1.71. The van der Waals surface area contributed by atoms with Gasteiger partial charge in [-0.25, -0.2) is 9.37 Å². The Morgan fingerprint density at radius 3 is 2.65 bits per heavy atom. The van der Waals surface area contributed by atoms with Crippen LogP contribution in [0.3, 0.4) is 0 Å². The molecule has 0 aliphatic carbocycles. The topological polar surface area (TPSA) is 72.4 Å². The molecular formula is C14H17F4N3O2. The first-order chi connectivity index (χ1) is 10.8. The molecule has 2 rings (SSSR count). The van der Waals surface area contributed by atoms with Crippen molar-refractivity contribution in [2.75, 3.05) is 19.7 Å². The molecule has 1 aromatic heterocycles. The summed E-state index contributed by atoms with van der Waals surface area (Å²) in [5.74, 6) is -0.236. The van der Waals surface area contributed by atoms with Gasteiger partial charge in [-0.3, -0.25) is 4.90 Å². The van der Waals surface area contributed by atoms with Crippen molar-refractivity contribution in [2.24, 2.45) is 0 Å². The third kappa shape index (κ3) is 5.15. The van der Waals surface area contributed by atoms with E-state index in [0.29, 0.717) is 5.52 Å². The van der Waals surface area contributed by atoms with Crippen LogP contribution >= 0.6 is 0 Å². The number of nitrogens with zero attached hydrogens (tertiary/aromatic N) is 2. The molecule has 1 aromatic carbocycles. The van der Waals surface area contributed by atoms with E-state index in [0.717, 1.165) is 0 Å². The van der Waals surface area contributed by atoms with Crippen molar-refractivity contribution >= 4 is 11.0 Å². The molecule has 23 heavy (non-hydrogen) atoms. The van der Waals surface area contributed by atoms with Gasteiger partial charge in [0.1, 0.15) is 11.3 Å². The Balaban J connectivity index is 2.12. The number of hydrogen-bond acceptors (Lipinski definition) is 4. The van der Waals surface area contributed by atoms with E-state index in [4.69, 9.17) is 5.11 Å². The zero-order valence-corrected chi connectivity index (χ0v) is 12.1. The summed E-state index contributed by atoms with van der Waals surface area (Å²) in [6.07, 6.45) is -6.55. The lowest BCUT2D eigenvalue weighted by molar-refractivity contribution is -0.139. The second kappa shape index (κ2) is 7.24. The van der Waals surface area contributed by atoms with Gasteiger partial charge in [-0.15, -0.1) is 0 Å². The molecule has 0 radical (unpaired) electrons. The summed E-state index contributed by atoms with van der Waals surface area (Å²) in [6, 6.07) is 4.35. The molecule has 0 bridgehead atoms. The van der Waals surface area contributed by atoms with Crippen molar-refractivity contribution in [3.05, 3.63) is 29.8 Å². The predicted molar refractivity (Wildman–Crippen MR) is 75.1 cm³/mol. The SMILES string of the molecule is OC[C@@H](O)CN(CCC(F)(F)F)Cc1nc2c(F)cccc2[nH]1. The highest BCUT2D eigenvalue weighted by molar-refractivity contribution is 5.75. The molecule has 0 aliphatic heterocycles. The first-order valence-corrected chi connectivity index (χ1v) is 6.99. The quantitative estimate of drug-likeness (QED) is 0.675. The lowest BCUT2D eigenvalue weighted by Gasteiger charge is -2.23. The van der Waals surface area contributed by atoms with Gasteiger partial charge in [-0.1, -0.05) is 6.07 Å². The number of aliphatic hydroxyl groups excluding tert-OH is 2. The zero-order chi connectivity index (χ0) is 17.0. The summed E-state index contributed by atoms with van der Waals surface area (Å²) < 4.78 is 50.7. The minimum atomic E-state index is -4.33. The summed E-state index contributed by atoms with van der Waals surface area (Å²) in [5, 5.41) is 18.3. The number of rotatable bonds is 7. The number of para-hydroxylation sites is 1. The van der Waals surface area contributed by atoms with Crippen LogP contribution in [-0.4, -0.2) is 57.1 Å². The fraction of sp³-hybridized carbons (Fsp3) is 0.500. The lowest BCUT2D eigenvalue weighted by atomic mass is 10.3. The summed E-state index contributed by atoms with van der Waals surface area (Å²) in [7, 11) is 0. The van der Waals surface area contributed by atoms with Crippen molar-refractivity contribution in [1.82, 2.24) is 14.9 Å². The van der Waals surface area contributed by atoms with Crippen molar-refractivity contribution in [2.45, 2.75) is 25.2 Å². The fourth-order valence-corrected chi connectivity index (χ4v) is 2.21. The number of imidazole rings is 1. The van der Waals surface area contributed by atoms with Gasteiger partial charge in [-0.2, -0.15) is 13.2 Å². The van der Waals surface area contributed by atoms with Crippen LogP contribution in [0.4, 0.5) is 17.6 Å². The Bertz CT molecular complexity index is 644. The smallest absolute Gasteiger partial charge is 0.390 e. The number of halogens is 4. The number of alkyl halides is 3. The number of hydrogen-bond donors (Lipinski definition) is 3. The second-order valence-electron chi connectivity index (χ2n) is 5.26. The number of H-pyrrole nitrogens is 1. The lowest BCUT2D eigenvalue weighted by Crippen LogP contribution is -2.36. The van der Waals surface area contributed by atoms with Gasteiger partial charge in [-0.05, 0) is 12.1 Å². The summed E-state index contributed by atoms with van der Waals surface area (Å²) in [6.45, 7) is -1.09. The zero-order valence-electron chi connectivity index (χ0n) is 12.1. The average Bonchev–Trinajstić information content (AvgIpc) is 2.88. The van der Waals surface area contributed by atoms with E-state index < -0.39 is 31.1 Å². The van der Waals surface area contributed by atoms with E-state index >= 15 is 0 Å². The van der Waals surface area contributed by atoms with Crippen LogP contribution in [0.1, 0.15) is 12.2 Å². The van der Waals surface area contributed by atoms with Crippen molar-refractivity contribution < 1.29 is 27.8 Å². The minimum Gasteiger partial charge on any atom is -0.394 e. The molecule has 0 aliphatic rings. The number of aromatic nitrogens is 2. The fourth-order valence-electron chi connectivity index (χ4n) is 2.21. The van der Waals surface area contributed by atoms with Gasteiger partial charge in [0, 0.05) is 13.1 Å². The van der Waals surface area contributed by atoms with E-state index in [2.05, 4.69) is 9.97 Å². The van der Waals surface area contributed by atoms with Gasteiger partial charge in [0.05, 0.1) is 31.2 Å². The number of benzene rings is 1. The van der Waals surface area contributed by atoms with Gasteiger partial charge in [0.15, 0.2) is 5.82 Å². The van der Waals surface area contributed by atoms with Crippen LogP contribution in [0.5, 0.6) is 0 Å². The van der Waals surface area contributed by atoms with Crippen LogP contribution in [-0.2, 0) is 6.54 Å². The number of aromatic amines is 1. The van der Waals surface area contributed by atoms with Crippen LogP contribution in [0.2, 0.25) is 0 Å². The highest BCUT2D eigenvalue weighted by Crippen LogP contribution is 2.21. The molecular weight excluding hydrogens is 318 g/mol. The third-order valence-electron chi connectivity index (χ3n) is 3.28. The Kier molecular flexibility index (Phi) is 5.55. The van der Waals surface area contributed by atoms with Gasteiger partial charge < -0.3 is 15.2 Å². The van der Waals surface area contributed by atoms with E-state index in [1.807, 2.05) is 0 Å². The molecule has 3 N–H and O–H groups in total. The van der Waals surface area contributed by atoms with E-state index in [1.165, 1.54) is 17.0 Å². The molecule has 1 heterocycles. The molecule has 5 nitrogen and oxygen atoms in total. The maximum absolute atomic E-state index is 13.6. The van der Waals surface area contributed by atoms with Crippen LogP contribution in [0, 0.1) is 5.82 Å². The maximum Gasteiger partial charge on any atom is 0.390 e. The van der Waals surface area contributed by atoms with Crippen LogP contribution in [0.15, 0.2) is 18.2 Å². The third-order valence-corrected chi connectivity index (χ3v) is 3.28. The van der Waals surface area contributed by atoms with E-state index in [-0.39, 0.29) is 31.0 Å². The Morgan fingerprint density at radius 2 is 2.04 bits per heavy atom. The molecule has 0 unspecified atom stereocenters. The molecule has 0 fully saturated rings. The first kappa shape index (κ1) is 17.6. The standard InChI is InChI=1S/C14H17F4N3O2/c15-10-2-1-3-11-13(10)20-12(19-11)7-21(6-9(23)8-22)5-4-14(16,17)18/h1-3,9,22-23H,4-8H2,(H,19,20)/t9-/m0/s1. The molecule has 0 saturated heterocycles. The van der Waals surface area contributed by atoms with E-state index in [1.54, 1.807) is 6.07 Å². The second-order valence-corrected chi connectivity index (χ2v) is 5.26. The monoisotopic (exact) mass is 335 g/mol. The van der Waals surface area contributed by atoms with Crippen molar-refractivity contribution in [3.8, 4) is 0 Å².